The van der Waals surface area contributed by atoms with Crippen molar-refractivity contribution in [3.8, 4) is 11.4 Å². The Bertz CT molecular complexity index is 828. The van der Waals surface area contributed by atoms with E-state index in [1.165, 1.54) is 5.56 Å². The smallest absolute Gasteiger partial charge is 0.144 e. The Morgan fingerprint density at radius 1 is 1.09 bits per heavy atom. The van der Waals surface area contributed by atoms with E-state index in [1.54, 1.807) is 4.68 Å². The zero-order chi connectivity index (χ0) is 15.9. The third kappa shape index (κ3) is 2.25. The normalized spacial score (nSPS) is 12.0. The fourth-order valence-electron chi connectivity index (χ4n) is 2.90. The predicted octanol–water partition coefficient (Wildman–Crippen LogP) is 3.99. The highest BCUT2D eigenvalue weighted by atomic mass is 16.3. The van der Waals surface area contributed by atoms with Gasteiger partial charge in [0.05, 0.1) is 5.52 Å². The number of aromatic hydroxyl groups is 1. The van der Waals surface area contributed by atoms with E-state index < -0.39 is 0 Å². The molecule has 0 aliphatic rings. The van der Waals surface area contributed by atoms with Crippen LogP contribution in [-0.2, 0) is 11.8 Å². The van der Waals surface area contributed by atoms with E-state index >= 15 is 0 Å². The van der Waals surface area contributed by atoms with Crippen LogP contribution in [0.3, 0.4) is 0 Å². The summed E-state index contributed by atoms with van der Waals surface area (Å²) < 4.78 is 1.70. The number of rotatable bonds is 2. The first-order valence-electron chi connectivity index (χ1n) is 7.59. The first-order valence-corrected chi connectivity index (χ1v) is 7.59. The lowest BCUT2D eigenvalue weighted by Crippen LogP contribution is -2.15. The minimum atomic E-state index is -0.00815. The van der Waals surface area contributed by atoms with Crippen LogP contribution in [0, 0.1) is 0 Å². The van der Waals surface area contributed by atoms with Crippen molar-refractivity contribution in [1.29, 1.82) is 0 Å². The lowest BCUT2D eigenvalue weighted by molar-refractivity contribution is 0.458. The SMILES string of the molecule is CCc1c(C(C)(C)C)ccc(-n2nnc3ccccc32)c1O. The molecule has 1 heterocycles. The Kier molecular flexibility index (Phi) is 3.39. The van der Waals surface area contributed by atoms with Crippen LogP contribution in [0.25, 0.3) is 16.7 Å². The molecule has 0 unspecified atom stereocenters. The molecule has 114 valence electrons. The van der Waals surface area contributed by atoms with E-state index in [4.69, 9.17) is 0 Å². The number of phenols is 1. The highest BCUT2D eigenvalue weighted by Gasteiger charge is 2.22. The molecule has 2 aromatic carbocycles. The van der Waals surface area contributed by atoms with Crippen LogP contribution in [-0.4, -0.2) is 20.1 Å². The molecule has 0 bridgehead atoms. The Hall–Kier alpha value is -2.36. The number of fused-ring (bicyclic) bond motifs is 1. The summed E-state index contributed by atoms with van der Waals surface area (Å²) in [4.78, 5) is 0. The van der Waals surface area contributed by atoms with Crippen molar-refractivity contribution in [1.82, 2.24) is 15.0 Å². The van der Waals surface area contributed by atoms with Gasteiger partial charge in [-0.25, -0.2) is 4.68 Å². The molecule has 0 spiro atoms. The number of hydrogen-bond acceptors (Lipinski definition) is 3. The maximum absolute atomic E-state index is 10.8. The number of hydrogen-bond donors (Lipinski definition) is 1. The zero-order valence-corrected chi connectivity index (χ0v) is 13.5. The van der Waals surface area contributed by atoms with Crippen LogP contribution in [0.4, 0.5) is 0 Å². The van der Waals surface area contributed by atoms with Gasteiger partial charge < -0.3 is 5.11 Å². The predicted molar refractivity (Wildman–Crippen MR) is 88.6 cm³/mol. The number of para-hydroxylation sites is 1. The molecule has 4 nitrogen and oxygen atoms in total. The molecule has 4 heteroatoms. The standard InChI is InChI=1S/C18H21N3O/c1-5-12-13(18(2,3)4)10-11-16(17(12)22)21-15-9-7-6-8-14(15)19-20-21/h6-11,22H,5H2,1-4H3. The molecule has 0 saturated carbocycles. The first kappa shape index (κ1) is 14.6. The summed E-state index contributed by atoms with van der Waals surface area (Å²) in [5.41, 5.74) is 4.53. The summed E-state index contributed by atoms with van der Waals surface area (Å²) in [6.45, 7) is 8.54. The third-order valence-electron chi connectivity index (χ3n) is 4.00. The summed E-state index contributed by atoms with van der Waals surface area (Å²) >= 11 is 0. The molecule has 0 saturated heterocycles. The van der Waals surface area contributed by atoms with Crippen LogP contribution >= 0.6 is 0 Å². The van der Waals surface area contributed by atoms with E-state index in [1.807, 2.05) is 30.3 Å². The van der Waals surface area contributed by atoms with E-state index in [0.29, 0.717) is 11.4 Å². The fraction of sp³-hybridized carbons (Fsp3) is 0.333. The topological polar surface area (TPSA) is 50.9 Å². The molecule has 3 aromatic rings. The van der Waals surface area contributed by atoms with Gasteiger partial charge in [-0.15, -0.1) is 5.10 Å². The fourth-order valence-corrected chi connectivity index (χ4v) is 2.90. The van der Waals surface area contributed by atoms with Gasteiger partial charge in [0.2, 0.25) is 0 Å². The van der Waals surface area contributed by atoms with E-state index in [0.717, 1.165) is 23.0 Å². The van der Waals surface area contributed by atoms with Gasteiger partial charge in [0.1, 0.15) is 17.0 Å². The minimum absolute atomic E-state index is 0.00815. The van der Waals surface area contributed by atoms with Gasteiger partial charge in [0.25, 0.3) is 0 Å². The number of nitrogens with zero attached hydrogens (tertiary/aromatic N) is 3. The van der Waals surface area contributed by atoms with E-state index in [-0.39, 0.29) is 5.41 Å². The average molecular weight is 295 g/mol. The Morgan fingerprint density at radius 3 is 2.50 bits per heavy atom. The Morgan fingerprint density at radius 2 is 1.82 bits per heavy atom. The van der Waals surface area contributed by atoms with E-state index in [9.17, 15) is 5.11 Å². The first-order chi connectivity index (χ1) is 10.4. The molecular weight excluding hydrogens is 274 g/mol. The molecule has 0 atom stereocenters. The van der Waals surface area contributed by atoms with Crippen molar-refractivity contribution in [2.45, 2.75) is 39.5 Å². The molecular formula is C18H21N3O. The minimum Gasteiger partial charge on any atom is -0.505 e. The summed E-state index contributed by atoms with van der Waals surface area (Å²) in [7, 11) is 0. The molecule has 22 heavy (non-hydrogen) atoms. The monoisotopic (exact) mass is 295 g/mol. The molecule has 0 amide bonds. The largest absolute Gasteiger partial charge is 0.505 e. The van der Waals surface area contributed by atoms with Crippen molar-refractivity contribution in [3.05, 3.63) is 47.5 Å². The van der Waals surface area contributed by atoms with Gasteiger partial charge in [-0.1, -0.05) is 51.1 Å². The van der Waals surface area contributed by atoms with Gasteiger partial charge in [-0.3, -0.25) is 0 Å². The van der Waals surface area contributed by atoms with Crippen molar-refractivity contribution >= 4 is 11.0 Å². The van der Waals surface area contributed by atoms with Gasteiger partial charge >= 0.3 is 0 Å². The second-order valence-electron chi connectivity index (χ2n) is 6.55. The van der Waals surface area contributed by atoms with Gasteiger partial charge in [-0.05, 0) is 41.2 Å². The van der Waals surface area contributed by atoms with Crippen molar-refractivity contribution in [2.24, 2.45) is 0 Å². The second-order valence-corrected chi connectivity index (χ2v) is 6.55. The number of benzene rings is 2. The van der Waals surface area contributed by atoms with Crippen LogP contribution in [0.5, 0.6) is 5.75 Å². The second kappa shape index (κ2) is 5.13. The summed E-state index contributed by atoms with van der Waals surface area (Å²) in [6.07, 6.45) is 0.777. The number of aromatic nitrogens is 3. The zero-order valence-electron chi connectivity index (χ0n) is 13.5. The van der Waals surface area contributed by atoms with Crippen LogP contribution < -0.4 is 0 Å². The van der Waals surface area contributed by atoms with Crippen LogP contribution in [0.15, 0.2) is 36.4 Å². The number of phenolic OH excluding ortho intramolecular Hbond substituents is 1. The van der Waals surface area contributed by atoms with Crippen molar-refractivity contribution in [2.75, 3.05) is 0 Å². The molecule has 0 fully saturated rings. The van der Waals surface area contributed by atoms with E-state index in [2.05, 4.69) is 44.1 Å². The molecule has 0 aliphatic heterocycles. The molecule has 3 rings (SSSR count). The maximum Gasteiger partial charge on any atom is 0.144 e. The van der Waals surface area contributed by atoms with Crippen molar-refractivity contribution in [3.63, 3.8) is 0 Å². The highest BCUT2D eigenvalue weighted by Crippen LogP contribution is 2.36. The lowest BCUT2D eigenvalue weighted by atomic mass is 9.82. The molecule has 0 aliphatic carbocycles. The third-order valence-corrected chi connectivity index (χ3v) is 4.00. The van der Waals surface area contributed by atoms with Crippen molar-refractivity contribution < 1.29 is 5.11 Å². The maximum atomic E-state index is 10.8. The van der Waals surface area contributed by atoms with Crippen LogP contribution in [0.1, 0.15) is 38.8 Å². The Labute approximate surface area is 130 Å². The summed E-state index contributed by atoms with van der Waals surface area (Å²) in [5, 5.41) is 19.1. The van der Waals surface area contributed by atoms with Gasteiger partial charge in [0, 0.05) is 0 Å². The molecule has 1 N–H and O–H groups in total. The summed E-state index contributed by atoms with van der Waals surface area (Å²) in [6, 6.07) is 11.8. The highest BCUT2D eigenvalue weighted by molar-refractivity contribution is 5.77. The average Bonchev–Trinajstić information content (AvgIpc) is 2.90. The molecule has 0 radical (unpaired) electrons. The Balaban J connectivity index is 2.25. The van der Waals surface area contributed by atoms with Gasteiger partial charge in [0.15, 0.2) is 0 Å². The van der Waals surface area contributed by atoms with Gasteiger partial charge in [-0.2, -0.15) is 0 Å². The lowest BCUT2D eigenvalue weighted by Gasteiger charge is -2.24. The quantitative estimate of drug-likeness (QED) is 0.778. The van der Waals surface area contributed by atoms with Crippen LogP contribution in [0.2, 0.25) is 0 Å². The summed E-state index contributed by atoms with van der Waals surface area (Å²) in [5.74, 6) is 0.297. The molecule has 1 aromatic heterocycles.